The second-order valence-corrected chi connectivity index (χ2v) is 8.53. The van der Waals surface area contributed by atoms with E-state index in [0.29, 0.717) is 16.4 Å². The van der Waals surface area contributed by atoms with Crippen molar-refractivity contribution in [1.82, 2.24) is 4.98 Å². The van der Waals surface area contributed by atoms with Gasteiger partial charge in [0, 0.05) is 28.1 Å². The lowest BCUT2D eigenvalue weighted by molar-refractivity contribution is -0.117. The highest BCUT2D eigenvalue weighted by Crippen LogP contribution is 2.31. The number of nitrogens with zero attached hydrogens (tertiary/aromatic N) is 1. The molecular weight excluding hydrogens is 382 g/mol. The highest BCUT2D eigenvalue weighted by molar-refractivity contribution is 7.14. The summed E-state index contributed by atoms with van der Waals surface area (Å²) in [7, 11) is 0. The maximum Gasteiger partial charge on any atom is 0.257 e. The van der Waals surface area contributed by atoms with E-state index in [4.69, 9.17) is 0 Å². The van der Waals surface area contributed by atoms with Crippen molar-refractivity contribution in [3.8, 4) is 11.3 Å². The molecule has 146 valence electrons. The summed E-state index contributed by atoms with van der Waals surface area (Å²) in [5, 5.41) is 8.30. The van der Waals surface area contributed by atoms with Crippen LogP contribution in [0.15, 0.2) is 47.8 Å². The maximum atomic E-state index is 12.5. The van der Waals surface area contributed by atoms with Crippen molar-refractivity contribution in [2.24, 2.45) is 5.92 Å². The summed E-state index contributed by atoms with van der Waals surface area (Å²) < 4.78 is 0. The minimum Gasteiger partial charge on any atom is -0.326 e. The summed E-state index contributed by atoms with van der Waals surface area (Å²) >= 11 is 1.42. The summed E-state index contributed by atoms with van der Waals surface area (Å²) in [6.45, 7) is 0. The Balaban J connectivity index is 1.24. The molecule has 2 aromatic carbocycles. The average Bonchev–Trinajstić information content (AvgIpc) is 3.31. The zero-order valence-corrected chi connectivity index (χ0v) is 16.7. The van der Waals surface area contributed by atoms with E-state index in [-0.39, 0.29) is 17.7 Å². The molecule has 1 heterocycles. The molecule has 2 aliphatic carbocycles. The first-order valence-electron chi connectivity index (χ1n) is 9.96. The molecular formula is C23H21N3O2S. The molecule has 2 N–H and O–H groups in total. The Kier molecular flexibility index (Phi) is 4.64. The fourth-order valence-electron chi connectivity index (χ4n) is 3.66. The van der Waals surface area contributed by atoms with E-state index in [1.165, 1.54) is 28.9 Å². The molecule has 6 heteroatoms. The van der Waals surface area contributed by atoms with Crippen LogP contribution in [0.4, 0.5) is 10.8 Å². The predicted octanol–water partition coefficient (Wildman–Crippen LogP) is 4.90. The Morgan fingerprint density at radius 3 is 2.55 bits per heavy atom. The van der Waals surface area contributed by atoms with Gasteiger partial charge < -0.3 is 5.32 Å². The number of aryl methyl sites for hydroxylation is 2. The van der Waals surface area contributed by atoms with Crippen molar-refractivity contribution in [2.45, 2.75) is 32.1 Å². The molecule has 2 amide bonds. The topological polar surface area (TPSA) is 71.1 Å². The second-order valence-electron chi connectivity index (χ2n) is 7.67. The van der Waals surface area contributed by atoms with Gasteiger partial charge in [-0.25, -0.2) is 4.98 Å². The first-order chi connectivity index (χ1) is 14.2. The number of hydrogen-bond donors (Lipinski definition) is 2. The lowest BCUT2D eigenvalue weighted by Crippen LogP contribution is -2.14. The Hall–Kier alpha value is -2.99. The Morgan fingerprint density at radius 1 is 0.966 bits per heavy atom. The van der Waals surface area contributed by atoms with Crippen molar-refractivity contribution in [3.05, 3.63) is 64.5 Å². The van der Waals surface area contributed by atoms with Crippen LogP contribution in [0, 0.1) is 5.92 Å². The van der Waals surface area contributed by atoms with Crippen molar-refractivity contribution in [3.63, 3.8) is 0 Å². The number of aromatic nitrogens is 1. The van der Waals surface area contributed by atoms with E-state index in [1.54, 1.807) is 24.3 Å². The molecule has 0 unspecified atom stereocenters. The number of benzene rings is 2. The molecule has 1 fully saturated rings. The van der Waals surface area contributed by atoms with Crippen LogP contribution < -0.4 is 10.6 Å². The smallest absolute Gasteiger partial charge is 0.257 e. The molecule has 5 nitrogen and oxygen atoms in total. The number of amides is 2. The average molecular weight is 404 g/mol. The normalized spacial score (nSPS) is 15.0. The number of carbonyl (C=O) groups is 2. The molecule has 1 saturated carbocycles. The van der Waals surface area contributed by atoms with Gasteiger partial charge in [0.05, 0.1) is 5.69 Å². The van der Waals surface area contributed by atoms with E-state index in [1.807, 2.05) is 5.38 Å². The van der Waals surface area contributed by atoms with E-state index < -0.39 is 0 Å². The third kappa shape index (κ3) is 3.93. The minimum absolute atomic E-state index is 0.0593. The van der Waals surface area contributed by atoms with Crippen LogP contribution in [0.1, 0.15) is 40.7 Å². The standard InChI is InChI=1S/C23H21N3O2S/c27-21(15-5-6-15)24-19-10-8-16(9-11-19)22(28)26-23-25-20(13-29-23)18-7-4-14-2-1-3-17(14)12-18/h4,7-13,15H,1-3,5-6H2,(H,24,27)(H,25,26,28). The first-order valence-corrected chi connectivity index (χ1v) is 10.8. The first kappa shape index (κ1) is 18.1. The number of thiazole rings is 1. The van der Waals surface area contributed by atoms with Crippen molar-refractivity contribution in [2.75, 3.05) is 10.6 Å². The van der Waals surface area contributed by atoms with Gasteiger partial charge in [-0.3, -0.25) is 14.9 Å². The number of nitrogens with one attached hydrogen (secondary N) is 2. The highest BCUT2D eigenvalue weighted by atomic mass is 32.1. The van der Waals surface area contributed by atoms with Crippen LogP contribution in [-0.4, -0.2) is 16.8 Å². The SMILES string of the molecule is O=C(Nc1nc(-c2ccc3c(c2)CCC3)cs1)c1ccc(NC(=O)C2CC2)cc1. The molecule has 3 aromatic rings. The largest absolute Gasteiger partial charge is 0.326 e. The Morgan fingerprint density at radius 2 is 1.76 bits per heavy atom. The van der Waals surface area contributed by atoms with Gasteiger partial charge in [-0.05, 0) is 73.6 Å². The zero-order valence-electron chi connectivity index (χ0n) is 15.9. The van der Waals surface area contributed by atoms with Crippen molar-refractivity contribution in [1.29, 1.82) is 0 Å². The molecule has 0 atom stereocenters. The molecule has 1 aromatic heterocycles. The molecule has 0 bridgehead atoms. The second kappa shape index (κ2) is 7.44. The van der Waals surface area contributed by atoms with E-state index in [9.17, 15) is 9.59 Å². The predicted molar refractivity (Wildman–Crippen MR) is 115 cm³/mol. The molecule has 5 rings (SSSR count). The fourth-order valence-corrected chi connectivity index (χ4v) is 4.37. The zero-order chi connectivity index (χ0) is 19.8. The maximum absolute atomic E-state index is 12.5. The third-order valence-corrected chi connectivity index (χ3v) is 6.24. The van der Waals surface area contributed by atoms with E-state index in [2.05, 4.69) is 33.8 Å². The minimum atomic E-state index is -0.208. The van der Waals surface area contributed by atoms with Crippen molar-refractivity contribution < 1.29 is 9.59 Å². The summed E-state index contributed by atoms with van der Waals surface area (Å²) in [6, 6.07) is 13.5. The Bertz CT molecular complexity index is 1080. The number of hydrogen-bond acceptors (Lipinski definition) is 4. The van der Waals surface area contributed by atoms with Gasteiger partial charge in [0.1, 0.15) is 0 Å². The molecule has 2 aliphatic rings. The van der Waals surface area contributed by atoms with Gasteiger partial charge in [0.2, 0.25) is 5.91 Å². The van der Waals surface area contributed by atoms with Crippen LogP contribution >= 0.6 is 11.3 Å². The van der Waals surface area contributed by atoms with Gasteiger partial charge in [-0.1, -0.05) is 12.1 Å². The van der Waals surface area contributed by atoms with Gasteiger partial charge >= 0.3 is 0 Å². The molecule has 0 aliphatic heterocycles. The Labute approximate surface area is 173 Å². The van der Waals surface area contributed by atoms with Crippen molar-refractivity contribution >= 4 is 34.0 Å². The van der Waals surface area contributed by atoms with Crippen LogP contribution in [0.5, 0.6) is 0 Å². The fraction of sp³-hybridized carbons (Fsp3) is 0.261. The third-order valence-electron chi connectivity index (χ3n) is 5.48. The van der Waals surface area contributed by atoms with E-state index >= 15 is 0 Å². The summed E-state index contributed by atoms with van der Waals surface area (Å²) in [5.74, 6) is 0.00624. The number of rotatable bonds is 5. The molecule has 0 radical (unpaired) electrons. The van der Waals surface area contributed by atoms with Crippen LogP contribution in [-0.2, 0) is 17.6 Å². The number of anilines is 2. The summed E-state index contributed by atoms with van der Waals surface area (Å²) in [4.78, 5) is 28.9. The monoisotopic (exact) mass is 403 g/mol. The summed E-state index contributed by atoms with van der Waals surface area (Å²) in [6.07, 6.45) is 5.45. The van der Waals surface area contributed by atoms with Gasteiger partial charge in [0.15, 0.2) is 5.13 Å². The number of carbonyl (C=O) groups excluding carboxylic acids is 2. The lowest BCUT2D eigenvalue weighted by Gasteiger charge is -2.06. The van der Waals surface area contributed by atoms with Crippen LogP contribution in [0.3, 0.4) is 0 Å². The molecule has 0 spiro atoms. The molecule has 0 saturated heterocycles. The van der Waals surface area contributed by atoms with Gasteiger partial charge in [0.25, 0.3) is 5.91 Å². The number of fused-ring (bicyclic) bond motifs is 1. The molecule has 29 heavy (non-hydrogen) atoms. The van der Waals surface area contributed by atoms with Gasteiger partial charge in [-0.2, -0.15) is 0 Å². The highest BCUT2D eigenvalue weighted by Gasteiger charge is 2.29. The van der Waals surface area contributed by atoms with Crippen LogP contribution in [0.25, 0.3) is 11.3 Å². The van der Waals surface area contributed by atoms with E-state index in [0.717, 1.165) is 36.9 Å². The summed E-state index contributed by atoms with van der Waals surface area (Å²) in [5.41, 5.74) is 6.08. The lowest BCUT2D eigenvalue weighted by atomic mass is 10.1. The quantitative estimate of drug-likeness (QED) is 0.636. The van der Waals surface area contributed by atoms with Gasteiger partial charge in [-0.15, -0.1) is 11.3 Å². The van der Waals surface area contributed by atoms with Crippen LogP contribution in [0.2, 0.25) is 0 Å².